The van der Waals surface area contributed by atoms with Crippen LogP contribution in [0.4, 0.5) is 9.18 Å². The van der Waals surface area contributed by atoms with Crippen molar-refractivity contribution in [3.05, 3.63) is 61.8 Å². The molecule has 43 heavy (non-hydrogen) atoms. The zero-order valence-electron chi connectivity index (χ0n) is 23.7. The van der Waals surface area contributed by atoms with Crippen LogP contribution in [-0.2, 0) is 27.2 Å². The molecule has 0 bridgehead atoms. The number of rotatable bonds is 10. The summed E-state index contributed by atoms with van der Waals surface area (Å²) in [5, 5.41) is 2.49. The van der Waals surface area contributed by atoms with Gasteiger partial charge in [0, 0.05) is 30.9 Å². The summed E-state index contributed by atoms with van der Waals surface area (Å²) in [5.41, 5.74) is -0.603. The Bertz CT molecular complexity index is 1450. The SMILES string of the molecule is CN(C)CCCOC(=O)OCOc1c2n3c(c(C(=O)NCc4cccc(Cl)c4F)c1=O)CC[C@@H]3[C@@H]1OCCCN1C2=O.Cl. The van der Waals surface area contributed by atoms with E-state index >= 15 is 0 Å². The smallest absolute Gasteiger partial charge is 0.451 e. The van der Waals surface area contributed by atoms with Crippen LogP contribution >= 0.6 is 24.0 Å². The first kappa shape index (κ1) is 32.5. The minimum absolute atomic E-state index is 0. The van der Waals surface area contributed by atoms with E-state index in [1.165, 1.54) is 12.1 Å². The van der Waals surface area contributed by atoms with Crippen LogP contribution in [0.25, 0.3) is 0 Å². The number of carbonyl (C=O) groups is 3. The van der Waals surface area contributed by atoms with E-state index in [4.69, 9.17) is 30.5 Å². The first-order valence-corrected chi connectivity index (χ1v) is 14.1. The predicted molar refractivity (Wildman–Crippen MR) is 154 cm³/mol. The Morgan fingerprint density at radius 3 is 2.79 bits per heavy atom. The van der Waals surface area contributed by atoms with Crippen molar-refractivity contribution in [2.75, 3.05) is 47.2 Å². The normalized spacial score (nSPS) is 18.4. The van der Waals surface area contributed by atoms with Crippen LogP contribution in [0.5, 0.6) is 5.75 Å². The Hall–Kier alpha value is -3.39. The third kappa shape index (κ3) is 6.59. The van der Waals surface area contributed by atoms with E-state index in [1.54, 1.807) is 15.5 Å². The van der Waals surface area contributed by atoms with Gasteiger partial charge in [-0.15, -0.1) is 12.4 Å². The number of carbonyl (C=O) groups excluding carboxylic acids is 3. The number of nitrogens with zero attached hydrogens (tertiary/aromatic N) is 3. The number of halogens is 3. The van der Waals surface area contributed by atoms with Crippen LogP contribution in [0.2, 0.25) is 5.02 Å². The minimum atomic E-state index is -1.00. The maximum Gasteiger partial charge on any atom is 0.511 e. The van der Waals surface area contributed by atoms with E-state index in [0.29, 0.717) is 51.1 Å². The van der Waals surface area contributed by atoms with E-state index in [-0.39, 0.29) is 53.4 Å². The number of benzene rings is 1. The molecule has 0 saturated carbocycles. The van der Waals surface area contributed by atoms with E-state index < -0.39 is 48.0 Å². The topological polar surface area (TPSA) is 129 Å². The van der Waals surface area contributed by atoms with Crippen molar-refractivity contribution in [3.8, 4) is 5.75 Å². The maximum atomic E-state index is 14.4. The van der Waals surface area contributed by atoms with E-state index in [1.807, 2.05) is 19.0 Å². The molecule has 234 valence electrons. The van der Waals surface area contributed by atoms with Crippen molar-refractivity contribution in [2.45, 2.75) is 44.5 Å². The molecule has 2 atom stereocenters. The molecule has 3 aliphatic heterocycles. The molecule has 0 radical (unpaired) electrons. The molecule has 1 saturated heterocycles. The Morgan fingerprint density at radius 2 is 2.02 bits per heavy atom. The van der Waals surface area contributed by atoms with Crippen LogP contribution in [-0.4, -0.2) is 85.8 Å². The molecule has 0 spiro atoms. The monoisotopic (exact) mass is 642 g/mol. The number of pyridine rings is 1. The fourth-order valence-corrected chi connectivity index (χ4v) is 5.77. The number of hydrogen-bond acceptors (Lipinski definition) is 9. The number of ether oxygens (including phenoxy) is 4. The second-order valence-corrected chi connectivity index (χ2v) is 10.9. The highest BCUT2D eigenvalue weighted by atomic mass is 35.5. The molecular formula is C28H33Cl2FN4O8. The number of fused-ring (bicyclic) bond motifs is 2. The highest BCUT2D eigenvalue weighted by Crippen LogP contribution is 2.42. The highest BCUT2D eigenvalue weighted by Gasteiger charge is 2.48. The Kier molecular flexibility index (Phi) is 10.5. The van der Waals surface area contributed by atoms with Gasteiger partial charge in [-0.1, -0.05) is 23.7 Å². The van der Waals surface area contributed by atoms with Crippen molar-refractivity contribution < 1.29 is 37.7 Å². The lowest BCUT2D eigenvalue weighted by atomic mass is 10.1. The van der Waals surface area contributed by atoms with E-state index in [9.17, 15) is 23.6 Å². The summed E-state index contributed by atoms with van der Waals surface area (Å²) in [7, 11) is 3.78. The Labute approximate surface area is 258 Å². The standard InChI is InChI=1S/C28H32ClFN4O8.ClH/c1-32(2)10-4-13-40-28(38)42-15-41-24-22-26(37)33-11-5-12-39-27(33)19-9-8-18(34(19)22)20(23(24)35)25(36)31-14-16-6-3-7-17(29)21(16)30;/h3,6-7,19,27H,4-5,8-15H2,1-2H3,(H,31,36);1H/t19-,27+;/m1./s1. The van der Waals surface area contributed by atoms with Gasteiger partial charge in [0.2, 0.25) is 18.0 Å². The van der Waals surface area contributed by atoms with Crippen molar-refractivity contribution >= 4 is 42.0 Å². The van der Waals surface area contributed by atoms with Crippen LogP contribution in [0.15, 0.2) is 23.0 Å². The van der Waals surface area contributed by atoms with Gasteiger partial charge in [0.15, 0.2) is 11.9 Å². The summed E-state index contributed by atoms with van der Waals surface area (Å²) in [6, 6.07) is 4.05. The van der Waals surface area contributed by atoms with Gasteiger partial charge >= 0.3 is 6.16 Å². The van der Waals surface area contributed by atoms with Crippen LogP contribution in [0, 0.1) is 5.82 Å². The average molecular weight is 643 g/mol. The van der Waals surface area contributed by atoms with Crippen molar-refractivity contribution in [1.82, 2.24) is 19.7 Å². The van der Waals surface area contributed by atoms with Gasteiger partial charge in [0.1, 0.15) is 11.4 Å². The second kappa shape index (κ2) is 13.9. The molecule has 1 aromatic carbocycles. The van der Waals surface area contributed by atoms with Gasteiger partial charge in [-0.2, -0.15) is 0 Å². The fourth-order valence-electron chi connectivity index (χ4n) is 5.57. The lowest BCUT2D eigenvalue weighted by Crippen LogP contribution is -2.55. The summed E-state index contributed by atoms with van der Waals surface area (Å²) in [6.45, 7) is 0.790. The third-order valence-electron chi connectivity index (χ3n) is 7.46. The fraction of sp³-hybridized carbons (Fsp3) is 0.500. The number of nitrogens with one attached hydrogen (secondary N) is 1. The highest BCUT2D eigenvalue weighted by molar-refractivity contribution is 6.30. The van der Waals surface area contributed by atoms with Gasteiger partial charge in [0.05, 0.1) is 24.3 Å². The van der Waals surface area contributed by atoms with Gasteiger partial charge in [-0.3, -0.25) is 14.4 Å². The average Bonchev–Trinajstić information content (AvgIpc) is 3.40. The summed E-state index contributed by atoms with van der Waals surface area (Å²) >= 11 is 5.86. The quantitative estimate of drug-likeness (QED) is 0.236. The molecule has 15 heteroatoms. The van der Waals surface area contributed by atoms with Crippen LogP contribution < -0.4 is 15.5 Å². The van der Waals surface area contributed by atoms with Gasteiger partial charge in [-0.25, -0.2) is 9.18 Å². The lowest BCUT2D eigenvalue weighted by Gasteiger charge is -2.44. The molecule has 12 nitrogen and oxygen atoms in total. The number of aromatic nitrogens is 1. The van der Waals surface area contributed by atoms with Crippen LogP contribution in [0.3, 0.4) is 0 Å². The largest absolute Gasteiger partial charge is 0.511 e. The molecule has 2 aromatic rings. The molecule has 1 fully saturated rings. The van der Waals surface area contributed by atoms with Gasteiger partial charge in [0.25, 0.3) is 11.8 Å². The van der Waals surface area contributed by atoms with Crippen molar-refractivity contribution in [1.29, 1.82) is 0 Å². The van der Waals surface area contributed by atoms with Gasteiger partial charge in [-0.05, 0) is 45.8 Å². The Balaban J connectivity index is 0.00000423. The van der Waals surface area contributed by atoms with Crippen LogP contribution in [0.1, 0.15) is 57.4 Å². The first-order chi connectivity index (χ1) is 20.2. The molecule has 1 N–H and O–H groups in total. The summed E-state index contributed by atoms with van der Waals surface area (Å²) in [4.78, 5) is 56.4. The first-order valence-electron chi connectivity index (χ1n) is 13.7. The number of hydrogen-bond donors (Lipinski definition) is 1. The minimum Gasteiger partial charge on any atom is -0.451 e. The molecule has 5 rings (SSSR count). The van der Waals surface area contributed by atoms with E-state index in [0.717, 1.165) is 0 Å². The zero-order valence-corrected chi connectivity index (χ0v) is 25.3. The maximum absolute atomic E-state index is 14.4. The zero-order chi connectivity index (χ0) is 30.0. The molecule has 0 unspecified atom stereocenters. The molecule has 3 aliphatic rings. The lowest BCUT2D eigenvalue weighted by molar-refractivity contribution is -0.109. The summed E-state index contributed by atoms with van der Waals surface area (Å²) < 4.78 is 37.6. The van der Waals surface area contributed by atoms with E-state index in [2.05, 4.69) is 5.32 Å². The third-order valence-corrected chi connectivity index (χ3v) is 7.75. The molecular weight excluding hydrogens is 610 g/mol. The molecule has 4 heterocycles. The molecule has 0 aliphatic carbocycles. The Morgan fingerprint density at radius 1 is 1.23 bits per heavy atom. The second-order valence-electron chi connectivity index (χ2n) is 10.5. The molecule has 2 amide bonds. The summed E-state index contributed by atoms with van der Waals surface area (Å²) in [5.74, 6) is -2.35. The molecule has 1 aromatic heterocycles. The number of amides is 2. The van der Waals surface area contributed by atoms with Gasteiger partial charge < -0.3 is 38.6 Å². The summed E-state index contributed by atoms with van der Waals surface area (Å²) in [6.07, 6.45) is 0.512. The predicted octanol–water partition coefficient (Wildman–Crippen LogP) is 3.12. The van der Waals surface area contributed by atoms with Crippen molar-refractivity contribution in [3.63, 3.8) is 0 Å². The van der Waals surface area contributed by atoms with Crippen molar-refractivity contribution in [2.24, 2.45) is 0 Å².